The Balaban J connectivity index is 2.36. The lowest BCUT2D eigenvalue weighted by Crippen LogP contribution is -2.47. The maximum Gasteiger partial charge on any atom is 0.327 e. The van der Waals surface area contributed by atoms with Crippen molar-refractivity contribution in [3.63, 3.8) is 0 Å². The van der Waals surface area contributed by atoms with Gasteiger partial charge in [-0.05, 0) is 24.1 Å². The van der Waals surface area contributed by atoms with E-state index in [0.717, 1.165) is 0 Å². The molecule has 21 heavy (non-hydrogen) atoms. The van der Waals surface area contributed by atoms with Crippen LogP contribution in [0.15, 0.2) is 18.2 Å². The maximum absolute atomic E-state index is 12.7. The van der Waals surface area contributed by atoms with Gasteiger partial charge < -0.3 is 10.0 Å². The lowest BCUT2D eigenvalue weighted by Gasteiger charge is -2.29. The van der Waals surface area contributed by atoms with Crippen LogP contribution in [0.4, 0.5) is 0 Å². The molecule has 1 aromatic carbocycles. The number of halogens is 2. The van der Waals surface area contributed by atoms with Crippen molar-refractivity contribution < 1.29 is 14.7 Å². The third kappa shape index (κ3) is 3.30. The van der Waals surface area contributed by atoms with Gasteiger partial charge in [-0.25, -0.2) is 4.79 Å². The molecule has 114 valence electrons. The molecule has 1 heterocycles. The van der Waals surface area contributed by atoms with Crippen molar-refractivity contribution in [3.05, 3.63) is 33.8 Å². The van der Waals surface area contributed by atoms with E-state index in [1.807, 2.05) is 13.8 Å². The van der Waals surface area contributed by atoms with E-state index < -0.39 is 12.0 Å². The van der Waals surface area contributed by atoms with Crippen molar-refractivity contribution in [1.29, 1.82) is 0 Å². The van der Waals surface area contributed by atoms with E-state index in [1.54, 1.807) is 12.1 Å². The zero-order valence-corrected chi connectivity index (χ0v) is 13.9. The van der Waals surface area contributed by atoms with Gasteiger partial charge in [-0.2, -0.15) is 0 Å². The van der Waals surface area contributed by atoms with E-state index in [2.05, 4.69) is 0 Å². The second-order valence-electron chi connectivity index (χ2n) is 5.16. The Bertz CT molecular complexity index is 579. The number of rotatable bonds is 3. The minimum absolute atomic E-state index is 0.158. The van der Waals surface area contributed by atoms with E-state index >= 15 is 0 Å². The van der Waals surface area contributed by atoms with Gasteiger partial charge >= 0.3 is 5.97 Å². The third-order valence-corrected chi connectivity index (χ3v) is 5.65. The van der Waals surface area contributed by atoms with Crippen LogP contribution in [-0.2, 0) is 4.79 Å². The summed E-state index contributed by atoms with van der Waals surface area (Å²) in [6.45, 7) is 3.94. The fraction of sp³-hybridized carbons (Fsp3) is 0.429. The second kappa shape index (κ2) is 6.46. The molecule has 4 nitrogen and oxygen atoms in total. The van der Waals surface area contributed by atoms with Crippen LogP contribution in [0.25, 0.3) is 0 Å². The van der Waals surface area contributed by atoms with Gasteiger partial charge in [0, 0.05) is 11.3 Å². The van der Waals surface area contributed by atoms with Crippen molar-refractivity contribution in [2.75, 3.05) is 5.75 Å². The summed E-state index contributed by atoms with van der Waals surface area (Å²) >= 11 is 13.3. The summed E-state index contributed by atoms with van der Waals surface area (Å²) in [5.74, 6) is -0.764. The molecule has 0 radical (unpaired) electrons. The lowest BCUT2D eigenvalue weighted by molar-refractivity contribution is -0.141. The van der Waals surface area contributed by atoms with Gasteiger partial charge in [0.15, 0.2) is 0 Å². The first-order valence-electron chi connectivity index (χ1n) is 6.45. The molecule has 2 rings (SSSR count). The summed E-state index contributed by atoms with van der Waals surface area (Å²) in [6.07, 6.45) is 0. The summed E-state index contributed by atoms with van der Waals surface area (Å²) in [5.41, 5.74) is 0.351. The molecule has 1 aliphatic heterocycles. The Kier molecular flexibility index (Phi) is 5.07. The van der Waals surface area contributed by atoms with E-state index in [1.165, 1.54) is 22.7 Å². The number of hydrogen-bond acceptors (Lipinski definition) is 3. The summed E-state index contributed by atoms with van der Waals surface area (Å²) in [7, 11) is 0. The first-order valence-corrected chi connectivity index (χ1v) is 8.25. The molecule has 2 atom stereocenters. The summed E-state index contributed by atoms with van der Waals surface area (Å²) in [5, 5.41) is 9.80. The molecule has 1 fully saturated rings. The Morgan fingerprint density at radius 1 is 1.33 bits per heavy atom. The van der Waals surface area contributed by atoms with Crippen molar-refractivity contribution in [2.24, 2.45) is 5.92 Å². The number of amides is 1. The molecule has 1 aliphatic rings. The Morgan fingerprint density at radius 3 is 2.52 bits per heavy atom. The predicted molar refractivity (Wildman–Crippen MR) is 85.1 cm³/mol. The second-order valence-corrected chi connectivity index (χ2v) is 7.13. The molecule has 0 aromatic heterocycles. The topological polar surface area (TPSA) is 57.6 Å². The van der Waals surface area contributed by atoms with Crippen LogP contribution in [0.2, 0.25) is 10.0 Å². The van der Waals surface area contributed by atoms with Gasteiger partial charge in [0.05, 0.1) is 15.4 Å². The van der Waals surface area contributed by atoms with Crippen molar-refractivity contribution in [3.8, 4) is 0 Å². The van der Waals surface area contributed by atoms with E-state index in [-0.39, 0.29) is 22.2 Å². The summed E-state index contributed by atoms with van der Waals surface area (Å²) in [4.78, 5) is 25.5. The minimum atomic E-state index is -0.987. The fourth-order valence-corrected chi connectivity index (χ4v) is 4.04. The maximum atomic E-state index is 12.7. The average Bonchev–Trinajstić information content (AvgIpc) is 2.86. The van der Waals surface area contributed by atoms with Crippen LogP contribution < -0.4 is 0 Å². The molecular formula is C14H15Cl2NO3S. The standard InChI is InChI=1S/C14H15Cl2NO3S/c1-7(2)13-17(11(6-21-13)14(19)20)12(18)8-3-4-9(15)10(16)5-8/h3-5,7,11,13H,6H2,1-2H3,(H,19,20). The smallest absolute Gasteiger partial charge is 0.327 e. The number of carboxylic acid groups (broad SMARTS) is 1. The normalized spacial score (nSPS) is 21.9. The molecule has 2 unspecified atom stereocenters. The summed E-state index contributed by atoms with van der Waals surface area (Å²) in [6, 6.07) is 3.77. The minimum Gasteiger partial charge on any atom is -0.480 e. The molecule has 1 aromatic rings. The largest absolute Gasteiger partial charge is 0.480 e. The third-order valence-electron chi connectivity index (χ3n) is 3.29. The number of carboxylic acids is 1. The Hall–Kier alpha value is -0.910. The molecule has 0 aliphatic carbocycles. The SMILES string of the molecule is CC(C)C1SCC(C(=O)O)N1C(=O)c1ccc(Cl)c(Cl)c1. The lowest BCUT2D eigenvalue weighted by atomic mass is 10.1. The molecule has 0 spiro atoms. The fourth-order valence-electron chi connectivity index (χ4n) is 2.27. The highest BCUT2D eigenvalue weighted by Gasteiger charge is 2.43. The average molecular weight is 348 g/mol. The molecular weight excluding hydrogens is 333 g/mol. The Morgan fingerprint density at radius 2 is 2.00 bits per heavy atom. The zero-order chi connectivity index (χ0) is 15.7. The van der Waals surface area contributed by atoms with Gasteiger partial charge in [0.2, 0.25) is 0 Å². The van der Waals surface area contributed by atoms with Crippen molar-refractivity contribution in [1.82, 2.24) is 4.90 Å². The first kappa shape index (κ1) is 16.5. The van der Waals surface area contributed by atoms with E-state index in [4.69, 9.17) is 23.2 Å². The number of thioether (sulfide) groups is 1. The zero-order valence-electron chi connectivity index (χ0n) is 11.5. The highest BCUT2D eigenvalue weighted by atomic mass is 35.5. The molecule has 7 heteroatoms. The number of nitrogens with zero attached hydrogens (tertiary/aromatic N) is 1. The van der Waals surface area contributed by atoms with Crippen LogP contribution in [0.3, 0.4) is 0 Å². The molecule has 1 N–H and O–H groups in total. The molecule has 1 amide bonds. The van der Waals surface area contributed by atoms with E-state index in [0.29, 0.717) is 16.3 Å². The highest BCUT2D eigenvalue weighted by molar-refractivity contribution is 8.00. The number of benzene rings is 1. The van der Waals surface area contributed by atoms with Gasteiger partial charge in [-0.15, -0.1) is 11.8 Å². The van der Waals surface area contributed by atoms with Crippen LogP contribution in [0.5, 0.6) is 0 Å². The number of carbonyl (C=O) groups is 2. The van der Waals surface area contributed by atoms with E-state index in [9.17, 15) is 14.7 Å². The van der Waals surface area contributed by atoms with Gasteiger partial charge in [-0.3, -0.25) is 4.79 Å². The van der Waals surface area contributed by atoms with Gasteiger partial charge in [0.25, 0.3) is 5.91 Å². The highest BCUT2D eigenvalue weighted by Crippen LogP contribution is 2.35. The molecule has 0 saturated carbocycles. The predicted octanol–water partition coefficient (Wildman–Crippen LogP) is 3.62. The van der Waals surface area contributed by atoms with Crippen molar-refractivity contribution in [2.45, 2.75) is 25.3 Å². The monoisotopic (exact) mass is 347 g/mol. The number of hydrogen-bond donors (Lipinski definition) is 1. The summed E-state index contributed by atoms with van der Waals surface area (Å²) < 4.78 is 0. The number of aliphatic carboxylic acids is 1. The van der Waals surface area contributed by atoms with Crippen LogP contribution in [-0.4, -0.2) is 39.1 Å². The quantitative estimate of drug-likeness (QED) is 0.907. The first-order chi connectivity index (χ1) is 9.82. The number of carbonyl (C=O) groups excluding carboxylic acids is 1. The molecule has 0 bridgehead atoms. The van der Waals surface area contributed by atoms with Gasteiger partial charge in [0.1, 0.15) is 6.04 Å². The van der Waals surface area contributed by atoms with Crippen LogP contribution in [0, 0.1) is 5.92 Å². The van der Waals surface area contributed by atoms with Crippen LogP contribution >= 0.6 is 35.0 Å². The molecule has 1 saturated heterocycles. The van der Waals surface area contributed by atoms with Crippen LogP contribution in [0.1, 0.15) is 24.2 Å². The Labute approximate surface area is 137 Å². The van der Waals surface area contributed by atoms with Crippen molar-refractivity contribution >= 4 is 46.8 Å². The van der Waals surface area contributed by atoms with Gasteiger partial charge in [-0.1, -0.05) is 37.0 Å².